The second kappa shape index (κ2) is 11.9. The molecule has 2 aliphatic heterocycles. The third kappa shape index (κ3) is 6.22. The molecule has 1 amide bonds. The van der Waals surface area contributed by atoms with Crippen molar-refractivity contribution in [1.82, 2.24) is 4.90 Å². The smallest absolute Gasteiger partial charge is 0.241 e. The molecule has 184 valence electrons. The number of hydrogen-bond donors (Lipinski definition) is 0. The minimum absolute atomic E-state index is 0.0152. The summed E-state index contributed by atoms with van der Waals surface area (Å²) in [4.78, 5) is 17.4. The maximum atomic E-state index is 14.3. The van der Waals surface area contributed by atoms with Crippen LogP contribution in [0.4, 0.5) is 14.5 Å². The van der Waals surface area contributed by atoms with Crippen LogP contribution < -0.4 is 4.90 Å². The molecule has 0 spiro atoms. The fourth-order valence-electron chi connectivity index (χ4n) is 5.40. The van der Waals surface area contributed by atoms with Crippen molar-refractivity contribution in [3.63, 3.8) is 0 Å². The fourth-order valence-corrected chi connectivity index (χ4v) is 5.40. The van der Waals surface area contributed by atoms with Crippen molar-refractivity contribution >= 4 is 11.6 Å². The Morgan fingerprint density at radius 3 is 2.47 bits per heavy atom. The van der Waals surface area contributed by atoms with Gasteiger partial charge in [-0.3, -0.25) is 9.69 Å². The van der Waals surface area contributed by atoms with Gasteiger partial charge in [0, 0.05) is 25.7 Å². The second-order valence-corrected chi connectivity index (χ2v) is 9.55. The lowest BCUT2D eigenvalue weighted by molar-refractivity contribution is -0.120. The van der Waals surface area contributed by atoms with Gasteiger partial charge in [0.25, 0.3) is 0 Å². The SMILES string of the molecule is CCOCCCC1CCN(CC(=O)N2CCCC(c3ccc(F)cc3)c3ccc(F)cc32)CC1. The number of fused-ring (bicyclic) bond motifs is 1. The van der Waals surface area contributed by atoms with Crippen molar-refractivity contribution in [2.45, 2.75) is 51.4 Å². The zero-order chi connectivity index (χ0) is 23.9. The first-order valence-corrected chi connectivity index (χ1v) is 12.7. The number of ether oxygens (including phenoxy) is 1. The molecule has 1 atom stereocenters. The van der Waals surface area contributed by atoms with Gasteiger partial charge in [-0.25, -0.2) is 8.78 Å². The molecule has 34 heavy (non-hydrogen) atoms. The molecule has 6 heteroatoms. The largest absolute Gasteiger partial charge is 0.382 e. The van der Waals surface area contributed by atoms with Crippen LogP contribution in [0.5, 0.6) is 0 Å². The maximum absolute atomic E-state index is 14.3. The average Bonchev–Trinajstić information content (AvgIpc) is 3.03. The van der Waals surface area contributed by atoms with Gasteiger partial charge in [0.2, 0.25) is 5.91 Å². The number of likely N-dealkylation sites (tertiary alicyclic amines) is 1. The Hall–Kier alpha value is -2.31. The molecule has 1 saturated heterocycles. The van der Waals surface area contributed by atoms with Crippen LogP contribution >= 0.6 is 0 Å². The lowest BCUT2D eigenvalue weighted by atomic mass is 9.87. The van der Waals surface area contributed by atoms with E-state index in [1.807, 2.05) is 6.92 Å². The Kier molecular flexibility index (Phi) is 8.68. The first-order chi connectivity index (χ1) is 16.5. The molecule has 4 nitrogen and oxygen atoms in total. The number of nitrogens with zero attached hydrogens (tertiary/aromatic N) is 2. The summed E-state index contributed by atoms with van der Waals surface area (Å²) in [7, 11) is 0. The lowest BCUT2D eigenvalue weighted by Gasteiger charge is -2.33. The molecule has 2 heterocycles. The third-order valence-electron chi connectivity index (χ3n) is 7.28. The van der Waals surface area contributed by atoms with Gasteiger partial charge in [-0.1, -0.05) is 18.2 Å². The number of rotatable bonds is 8. The Morgan fingerprint density at radius 2 is 1.74 bits per heavy atom. The fraction of sp³-hybridized carbons (Fsp3) is 0.536. The van der Waals surface area contributed by atoms with Crippen LogP contribution in [0, 0.1) is 17.6 Å². The number of carbonyl (C=O) groups excluding carboxylic acids is 1. The van der Waals surface area contributed by atoms with Crippen molar-refractivity contribution in [2.24, 2.45) is 5.92 Å². The van der Waals surface area contributed by atoms with Crippen LogP contribution in [0.25, 0.3) is 0 Å². The predicted molar refractivity (Wildman–Crippen MR) is 131 cm³/mol. The van der Waals surface area contributed by atoms with E-state index in [4.69, 9.17) is 4.74 Å². The molecule has 1 fully saturated rings. The van der Waals surface area contributed by atoms with Crippen LogP contribution in [0.1, 0.15) is 62.5 Å². The summed E-state index contributed by atoms with van der Waals surface area (Å²) in [6, 6.07) is 11.3. The predicted octanol–water partition coefficient (Wildman–Crippen LogP) is 5.75. The molecule has 0 N–H and O–H groups in total. The topological polar surface area (TPSA) is 32.8 Å². The van der Waals surface area contributed by atoms with E-state index in [0.29, 0.717) is 24.7 Å². The van der Waals surface area contributed by atoms with Gasteiger partial charge in [-0.15, -0.1) is 0 Å². The molecule has 0 saturated carbocycles. The van der Waals surface area contributed by atoms with Crippen molar-refractivity contribution in [1.29, 1.82) is 0 Å². The van der Waals surface area contributed by atoms with Crippen LogP contribution in [0.3, 0.4) is 0 Å². The minimum Gasteiger partial charge on any atom is -0.382 e. The molecule has 1 unspecified atom stereocenters. The summed E-state index contributed by atoms with van der Waals surface area (Å²) >= 11 is 0. The quantitative estimate of drug-likeness (QED) is 0.461. The van der Waals surface area contributed by atoms with E-state index in [1.165, 1.54) is 30.7 Å². The van der Waals surface area contributed by atoms with E-state index in [2.05, 4.69) is 4.90 Å². The Morgan fingerprint density at radius 1 is 1.00 bits per heavy atom. The Labute approximate surface area is 201 Å². The number of carbonyl (C=O) groups is 1. The highest BCUT2D eigenvalue weighted by molar-refractivity contribution is 5.96. The van der Waals surface area contributed by atoms with Crippen LogP contribution in [-0.4, -0.2) is 50.2 Å². The molecule has 2 aromatic carbocycles. The molecular weight excluding hydrogens is 434 g/mol. The Bertz CT molecular complexity index is 942. The molecular formula is C28H36F2N2O2. The van der Waals surface area contributed by atoms with E-state index in [0.717, 1.165) is 69.5 Å². The number of halogens is 2. The normalized spacial score (nSPS) is 19.6. The first kappa shape index (κ1) is 24.8. The third-order valence-corrected chi connectivity index (χ3v) is 7.28. The highest BCUT2D eigenvalue weighted by Gasteiger charge is 2.29. The monoisotopic (exact) mass is 470 g/mol. The molecule has 2 aromatic rings. The lowest BCUT2D eigenvalue weighted by Crippen LogP contribution is -2.44. The molecule has 0 aromatic heterocycles. The van der Waals surface area contributed by atoms with Crippen LogP contribution in [-0.2, 0) is 9.53 Å². The van der Waals surface area contributed by atoms with Crippen molar-refractivity contribution < 1.29 is 18.3 Å². The summed E-state index contributed by atoms with van der Waals surface area (Å²) < 4.78 is 33.2. The van der Waals surface area contributed by atoms with Crippen molar-refractivity contribution in [3.8, 4) is 0 Å². The summed E-state index contributed by atoms with van der Waals surface area (Å²) in [5.74, 6) is 0.134. The van der Waals surface area contributed by atoms with Gasteiger partial charge in [-0.05, 0) is 99.8 Å². The molecule has 0 bridgehead atoms. The number of anilines is 1. The number of hydrogen-bond acceptors (Lipinski definition) is 3. The van der Waals surface area contributed by atoms with E-state index in [9.17, 15) is 13.6 Å². The van der Waals surface area contributed by atoms with Gasteiger partial charge in [-0.2, -0.15) is 0 Å². The second-order valence-electron chi connectivity index (χ2n) is 9.55. The number of benzene rings is 2. The van der Waals surface area contributed by atoms with Gasteiger partial charge in [0.1, 0.15) is 11.6 Å². The molecule has 4 rings (SSSR count). The number of amides is 1. The van der Waals surface area contributed by atoms with Crippen molar-refractivity contribution in [3.05, 3.63) is 65.2 Å². The number of piperidine rings is 1. The van der Waals surface area contributed by atoms with E-state index < -0.39 is 0 Å². The summed E-state index contributed by atoms with van der Waals surface area (Å²) in [5.41, 5.74) is 2.59. The average molecular weight is 471 g/mol. The van der Waals surface area contributed by atoms with Gasteiger partial charge in [0.05, 0.1) is 12.2 Å². The van der Waals surface area contributed by atoms with Crippen LogP contribution in [0.2, 0.25) is 0 Å². The zero-order valence-electron chi connectivity index (χ0n) is 20.1. The van der Waals surface area contributed by atoms with Gasteiger partial charge in [0.15, 0.2) is 0 Å². The van der Waals surface area contributed by atoms with Gasteiger partial charge < -0.3 is 9.64 Å². The highest BCUT2D eigenvalue weighted by atomic mass is 19.1. The maximum Gasteiger partial charge on any atom is 0.241 e. The van der Waals surface area contributed by atoms with Crippen LogP contribution in [0.15, 0.2) is 42.5 Å². The molecule has 0 aliphatic carbocycles. The van der Waals surface area contributed by atoms with E-state index in [1.54, 1.807) is 23.1 Å². The standard InChI is InChI=1S/C28H36F2N2O2/c1-2-34-18-4-5-21-13-16-31(17-14-21)20-28(33)32-15-3-6-25(22-7-9-23(29)10-8-22)26-12-11-24(30)19-27(26)32/h7-12,19,21,25H,2-6,13-18,20H2,1H3. The van der Waals surface area contributed by atoms with Crippen molar-refractivity contribution in [2.75, 3.05) is 44.3 Å². The van der Waals surface area contributed by atoms with E-state index in [-0.39, 0.29) is 23.5 Å². The summed E-state index contributed by atoms with van der Waals surface area (Å²) in [6.07, 6.45) is 6.15. The van der Waals surface area contributed by atoms with E-state index >= 15 is 0 Å². The Balaban J connectivity index is 1.42. The summed E-state index contributed by atoms with van der Waals surface area (Å²) in [6.45, 7) is 6.41. The highest BCUT2D eigenvalue weighted by Crippen LogP contribution is 2.39. The molecule has 0 radical (unpaired) electrons. The molecule has 2 aliphatic rings. The zero-order valence-corrected chi connectivity index (χ0v) is 20.1. The summed E-state index contributed by atoms with van der Waals surface area (Å²) in [5, 5.41) is 0. The van der Waals surface area contributed by atoms with Gasteiger partial charge >= 0.3 is 0 Å². The minimum atomic E-state index is -0.343. The first-order valence-electron chi connectivity index (χ1n) is 12.7.